The lowest BCUT2D eigenvalue weighted by atomic mass is 10.1. The Morgan fingerprint density at radius 2 is 1.71 bits per heavy atom. The first-order valence-electron chi connectivity index (χ1n) is 6.68. The molecule has 1 aromatic carbocycles. The van der Waals surface area contributed by atoms with E-state index < -0.39 is 0 Å². The molecule has 0 saturated carbocycles. The number of rotatable bonds is 3. The highest BCUT2D eigenvalue weighted by atomic mass is 16.5. The number of aryl methyl sites for hydroxylation is 2. The third-order valence-electron chi connectivity index (χ3n) is 3.44. The second kappa shape index (κ2) is 5.09. The van der Waals surface area contributed by atoms with Crippen LogP contribution in [0.2, 0.25) is 0 Å². The molecule has 5 nitrogen and oxygen atoms in total. The maximum absolute atomic E-state index is 5.36. The summed E-state index contributed by atoms with van der Waals surface area (Å²) >= 11 is 0. The van der Waals surface area contributed by atoms with E-state index in [-0.39, 0.29) is 0 Å². The SMILES string of the molecule is COc1ccc(-c2cc(C)c3nc(C)nn3c2)cc1OC. The van der Waals surface area contributed by atoms with Gasteiger partial charge in [-0.15, -0.1) is 0 Å². The summed E-state index contributed by atoms with van der Waals surface area (Å²) in [7, 11) is 3.27. The van der Waals surface area contributed by atoms with Gasteiger partial charge in [0, 0.05) is 11.8 Å². The molecule has 2 heterocycles. The monoisotopic (exact) mass is 283 g/mol. The number of benzene rings is 1. The number of aromatic nitrogens is 3. The largest absolute Gasteiger partial charge is 0.493 e. The average molecular weight is 283 g/mol. The molecule has 0 amide bonds. The zero-order valence-electron chi connectivity index (χ0n) is 12.5. The number of methoxy groups -OCH3 is 2. The van der Waals surface area contributed by atoms with Gasteiger partial charge in [0.2, 0.25) is 0 Å². The van der Waals surface area contributed by atoms with Gasteiger partial charge >= 0.3 is 0 Å². The molecule has 0 aliphatic heterocycles. The summed E-state index contributed by atoms with van der Waals surface area (Å²) in [6.07, 6.45) is 1.98. The van der Waals surface area contributed by atoms with E-state index in [0.717, 1.165) is 33.9 Å². The van der Waals surface area contributed by atoms with Gasteiger partial charge in [-0.3, -0.25) is 0 Å². The van der Waals surface area contributed by atoms with Crippen molar-refractivity contribution in [2.24, 2.45) is 0 Å². The number of pyridine rings is 1. The topological polar surface area (TPSA) is 48.7 Å². The summed E-state index contributed by atoms with van der Waals surface area (Å²) in [6.45, 7) is 3.93. The van der Waals surface area contributed by atoms with Crippen LogP contribution >= 0.6 is 0 Å². The van der Waals surface area contributed by atoms with Gasteiger partial charge < -0.3 is 9.47 Å². The standard InChI is InChI=1S/C16H17N3O2/c1-10-7-13(9-19-16(10)17-11(2)18-19)12-5-6-14(20-3)15(8-12)21-4/h5-9H,1-4H3. The number of fused-ring (bicyclic) bond motifs is 1. The van der Waals surface area contributed by atoms with Crippen LogP contribution in [-0.2, 0) is 0 Å². The minimum absolute atomic E-state index is 0.711. The van der Waals surface area contributed by atoms with E-state index in [1.54, 1.807) is 14.2 Å². The fourth-order valence-corrected chi connectivity index (χ4v) is 2.43. The highest BCUT2D eigenvalue weighted by Gasteiger charge is 2.10. The van der Waals surface area contributed by atoms with Crippen molar-refractivity contribution in [1.82, 2.24) is 14.6 Å². The molecule has 3 aromatic rings. The van der Waals surface area contributed by atoms with Gasteiger partial charge in [-0.05, 0) is 43.2 Å². The summed E-state index contributed by atoms with van der Waals surface area (Å²) in [5.41, 5.74) is 4.08. The first-order chi connectivity index (χ1) is 10.1. The van der Waals surface area contributed by atoms with Crippen molar-refractivity contribution in [3.8, 4) is 22.6 Å². The molecule has 0 radical (unpaired) electrons. The summed E-state index contributed by atoms with van der Waals surface area (Å²) in [6, 6.07) is 7.97. The van der Waals surface area contributed by atoms with Crippen LogP contribution in [0.1, 0.15) is 11.4 Å². The van der Waals surface area contributed by atoms with Gasteiger partial charge in [-0.1, -0.05) is 6.07 Å². The van der Waals surface area contributed by atoms with Gasteiger partial charge in [0.1, 0.15) is 5.82 Å². The van der Waals surface area contributed by atoms with Gasteiger partial charge in [-0.25, -0.2) is 9.50 Å². The normalized spacial score (nSPS) is 10.9. The molecule has 0 spiro atoms. The van der Waals surface area contributed by atoms with E-state index >= 15 is 0 Å². The average Bonchev–Trinajstić information content (AvgIpc) is 2.87. The minimum Gasteiger partial charge on any atom is -0.493 e. The smallest absolute Gasteiger partial charge is 0.161 e. The van der Waals surface area contributed by atoms with E-state index in [1.807, 2.05) is 42.8 Å². The highest BCUT2D eigenvalue weighted by molar-refractivity contribution is 5.69. The number of hydrogen-bond donors (Lipinski definition) is 0. The predicted molar refractivity (Wildman–Crippen MR) is 81.0 cm³/mol. The van der Waals surface area contributed by atoms with Crippen LogP contribution < -0.4 is 9.47 Å². The molecule has 108 valence electrons. The lowest BCUT2D eigenvalue weighted by Crippen LogP contribution is -1.94. The Labute approximate surface area is 123 Å². The molecule has 0 aliphatic rings. The summed E-state index contributed by atoms with van der Waals surface area (Å²) in [4.78, 5) is 4.42. The molecule has 5 heteroatoms. The van der Waals surface area contributed by atoms with Crippen LogP contribution in [-0.4, -0.2) is 28.8 Å². The minimum atomic E-state index is 0.711. The Bertz CT molecular complexity index is 809. The number of hydrogen-bond acceptors (Lipinski definition) is 4. The van der Waals surface area contributed by atoms with Crippen molar-refractivity contribution in [2.45, 2.75) is 13.8 Å². The number of nitrogens with zero attached hydrogens (tertiary/aromatic N) is 3. The predicted octanol–water partition coefficient (Wildman–Crippen LogP) is 3.03. The van der Waals surface area contributed by atoms with Crippen molar-refractivity contribution in [2.75, 3.05) is 14.2 Å². The van der Waals surface area contributed by atoms with Gasteiger partial charge in [0.25, 0.3) is 0 Å². The molecule has 0 fully saturated rings. The third-order valence-corrected chi connectivity index (χ3v) is 3.44. The van der Waals surface area contributed by atoms with Crippen LogP contribution in [0.5, 0.6) is 11.5 Å². The molecule has 3 rings (SSSR count). The first kappa shape index (κ1) is 13.4. The van der Waals surface area contributed by atoms with Crippen molar-refractivity contribution in [3.05, 3.63) is 41.9 Å². The summed E-state index contributed by atoms with van der Waals surface area (Å²) in [5.74, 6) is 2.20. The zero-order valence-corrected chi connectivity index (χ0v) is 12.5. The Morgan fingerprint density at radius 3 is 2.43 bits per heavy atom. The lowest BCUT2D eigenvalue weighted by molar-refractivity contribution is 0.355. The summed E-state index contributed by atoms with van der Waals surface area (Å²) in [5, 5.41) is 4.39. The highest BCUT2D eigenvalue weighted by Crippen LogP contribution is 2.32. The molecule has 2 aromatic heterocycles. The molecule has 0 bridgehead atoms. The van der Waals surface area contributed by atoms with Crippen LogP contribution in [0.25, 0.3) is 16.8 Å². The molecule has 0 N–H and O–H groups in total. The van der Waals surface area contributed by atoms with E-state index in [0.29, 0.717) is 5.75 Å². The van der Waals surface area contributed by atoms with Gasteiger partial charge in [0.15, 0.2) is 17.1 Å². The van der Waals surface area contributed by atoms with E-state index in [4.69, 9.17) is 9.47 Å². The van der Waals surface area contributed by atoms with Crippen molar-refractivity contribution < 1.29 is 9.47 Å². The molecule has 0 unspecified atom stereocenters. The van der Waals surface area contributed by atoms with Crippen LogP contribution in [0, 0.1) is 13.8 Å². The van der Waals surface area contributed by atoms with Crippen LogP contribution in [0.15, 0.2) is 30.5 Å². The quantitative estimate of drug-likeness (QED) is 0.741. The van der Waals surface area contributed by atoms with Crippen molar-refractivity contribution in [1.29, 1.82) is 0 Å². The molecule has 0 atom stereocenters. The Hall–Kier alpha value is -2.56. The van der Waals surface area contributed by atoms with E-state index in [9.17, 15) is 0 Å². The fraction of sp³-hybridized carbons (Fsp3) is 0.250. The first-order valence-corrected chi connectivity index (χ1v) is 6.68. The van der Waals surface area contributed by atoms with Gasteiger partial charge in [-0.2, -0.15) is 5.10 Å². The third kappa shape index (κ3) is 2.31. The van der Waals surface area contributed by atoms with Crippen LogP contribution in [0.3, 0.4) is 0 Å². The second-order valence-electron chi connectivity index (χ2n) is 4.91. The molecule has 0 aliphatic carbocycles. The van der Waals surface area contributed by atoms with Gasteiger partial charge in [0.05, 0.1) is 14.2 Å². The number of ether oxygens (including phenoxy) is 2. The molecule has 0 saturated heterocycles. The molecular weight excluding hydrogens is 266 g/mol. The maximum Gasteiger partial charge on any atom is 0.161 e. The van der Waals surface area contributed by atoms with Crippen LogP contribution in [0.4, 0.5) is 0 Å². The van der Waals surface area contributed by atoms with E-state index in [1.165, 1.54) is 0 Å². The van der Waals surface area contributed by atoms with Crippen molar-refractivity contribution >= 4 is 5.65 Å². The molecular formula is C16H17N3O2. The summed E-state index contributed by atoms with van der Waals surface area (Å²) < 4.78 is 12.4. The molecule has 21 heavy (non-hydrogen) atoms. The Kier molecular flexibility index (Phi) is 3.25. The fourth-order valence-electron chi connectivity index (χ4n) is 2.43. The Balaban J connectivity index is 2.15. The van der Waals surface area contributed by atoms with Crippen molar-refractivity contribution in [3.63, 3.8) is 0 Å². The lowest BCUT2D eigenvalue weighted by Gasteiger charge is -2.10. The van der Waals surface area contributed by atoms with E-state index in [2.05, 4.69) is 16.1 Å². The maximum atomic E-state index is 5.36. The zero-order chi connectivity index (χ0) is 15.0. The second-order valence-corrected chi connectivity index (χ2v) is 4.91. The Morgan fingerprint density at radius 1 is 0.952 bits per heavy atom.